The quantitative estimate of drug-likeness (QED) is 0.377. The fourth-order valence-corrected chi connectivity index (χ4v) is 7.83. The van der Waals surface area contributed by atoms with E-state index in [2.05, 4.69) is 16.0 Å². The molecule has 0 N–H and O–H groups in total. The molecule has 4 amide bonds. The van der Waals surface area contributed by atoms with Gasteiger partial charge in [-0.3, -0.25) is 24.3 Å². The van der Waals surface area contributed by atoms with Crippen molar-refractivity contribution in [3.63, 3.8) is 0 Å². The number of carbonyl (C=O) groups excluding carboxylic acids is 4. The molecule has 5 heterocycles. The Labute approximate surface area is 265 Å². The van der Waals surface area contributed by atoms with Crippen LogP contribution >= 0.6 is 11.3 Å². The van der Waals surface area contributed by atoms with Gasteiger partial charge in [-0.05, 0) is 58.2 Å². The van der Waals surface area contributed by atoms with Crippen molar-refractivity contribution < 1.29 is 23.9 Å². The molecule has 2 saturated heterocycles. The van der Waals surface area contributed by atoms with Crippen LogP contribution in [0.5, 0.6) is 0 Å². The summed E-state index contributed by atoms with van der Waals surface area (Å²) in [5.41, 5.74) is 2.02. The predicted octanol–water partition coefficient (Wildman–Crippen LogP) is 4.76. The van der Waals surface area contributed by atoms with Gasteiger partial charge in [-0.25, -0.2) is 9.78 Å². The molecule has 3 aromatic rings. The molecule has 3 aromatic heterocycles. The molecule has 12 heteroatoms. The van der Waals surface area contributed by atoms with Crippen molar-refractivity contribution in [3.8, 4) is 17.2 Å². The fourth-order valence-electron chi connectivity index (χ4n) is 6.70. The van der Waals surface area contributed by atoms with Crippen LogP contribution in [-0.4, -0.2) is 79.8 Å². The highest BCUT2D eigenvalue weighted by atomic mass is 32.1. The molecule has 2 aliphatic heterocycles. The molecule has 0 aromatic carbocycles. The van der Waals surface area contributed by atoms with Crippen LogP contribution < -0.4 is 0 Å². The van der Waals surface area contributed by atoms with Crippen molar-refractivity contribution >= 4 is 45.4 Å². The van der Waals surface area contributed by atoms with Crippen LogP contribution in [0.4, 0.5) is 4.79 Å². The Morgan fingerprint density at radius 1 is 1.13 bits per heavy atom. The summed E-state index contributed by atoms with van der Waals surface area (Å²) in [6.45, 7) is 14.1. The molecule has 0 spiro atoms. The Hall–Kier alpha value is -4.37. The maximum Gasteiger partial charge on any atom is 0.410 e. The first-order valence-corrected chi connectivity index (χ1v) is 15.9. The summed E-state index contributed by atoms with van der Waals surface area (Å²) in [7, 11) is 0. The van der Waals surface area contributed by atoms with Crippen molar-refractivity contribution in [2.75, 3.05) is 19.6 Å². The van der Waals surface area contributed by atoms with E-state index >= 15 is 0 Å². The molecular weight excluding hydrogens is 592 g/mol. The van der Waals surface area contributed by atoms with Crippen LogP contribution in [0.1, 0.15) is 68.2 Å². The maximum absolute atomic E-state index is 14.2. The fraction of sp³-hybridized carbons (Fsp3) is 0.485. The predicted molar refractivity (Wildman–Crippen MR) is 167 cm³/mol. The van der Waals surface area contributed by atoms with Gasteiger partial charge in [0.15, 0.2) is 0 Å². The molecule has 11 nitrogen and oxygen atoms in total. The summed E-state index contributed by atoms with van der Waals surface area (Å²) in [5, 5.41) is 9.77. The van der Waals surface area contributed by atoms with Crippen molar-refractivity contribution in [2.45, 2.75) is 66.7 Å². The van der Waals surface area contributed by atoms with Gasteiger partial charge in [0.05, 0.1) is 39.9 Å². The number of rotatable bonds is 4. The number of piperidine rings is 1. The van der Waals surface area contributed by atoms with Crippen LogP contribution in [0, 0.1) is 35.5 Å². The molecule has 0 bridgehead atoms. The number of piperazine rings is 1. The minimum Gasteiger partial charge on any atom is -0.444 e. The number of carbonyl (C=O) groups is 4. The number of hydrogen-bond acceptors (Lipinski definition) is 9. The summed E-state index contributed by atoms with van der Waals surface area (Å²) in [6, 6.07) is 7.12. The number of pyridine rings is 2. The molecule has 1 saturated carbocycles. The molecule has 3 aliphatic rings. The number of aryl methyl sites for hydroxylation is 1. The van der Waals surface area contributed by atoms with Crippen molar-refractivity contribution in [3.05, 3.63) is 46.2 Å². The maximum atomic E-state index is 14.2. The lowest BCUT2D eigenvalue weighted by Gasteiger charge is -2.40. The van der Waals surface area contributed by atoms with Gasteiger partial charge in [0, 0.05) is 47.9 Å². The van der Waals surface area contributed by atoms with Crippen LogP contribution in [0.15, 0.2) is 24.4 Å². The molecule has 3 atom stereocenters. The summed E-state index contributed by atoms with van der Waals surface area (Å²) >= 11 is 1.41. The minimum absolute atomic E-state index is 0.127. The highest BCUT2D eigenvalue weighted by molar-refractivity contribution is 7.19. The molecule has 2 unspecified atom stereocenters. The third-order valence-corrected chi connectivity index (χ3v) is 10.2. The second-order valence-corrected chi connectivity index (χ2v) is 14.9. The summed E-state index contributed by atoms with van der Waals surface area (Å²) < 4.78 is 6.32. The first-order valence-electron chi connectivity index (χ1n) is 15.1. The smallest absolute Gasteiger partial charge is 0.410 e. The molecule has 1 aliphatic carbocycles. The number of ether oxygens (including phenoxy) is 1. The molecule has 3 fully saturated rings. The Morgan fingerprint density at radius 3 is 2.44 bits per heavy atom. The van der Waals surface area contributed by atoms with Gasteiger partial charge in [-0.15, -0.1) is 11.3 Å². The third-order valence-electron chi connectivity index (χ3n) is 9.03. The van der Waals surface area contributed by atoms with Gasteiger partial charge in [-0.2, -0.15) is 5.26 Å². The van der Waals surface area contributed by atoms with E-state index in [-0.39, 0.29) is 53.3 Å². The van der Waals surface area contributed by atoms with Gasteiger partial charge in [0.2, 0.25) is 11.8 Å². The minimum atomic E-state index is -0.623. The SMILES string of the molecule is Cc1nc(C#N)cc(-c2ccnc3cc(CN4C(=O)C5C(C4=O)C5(C)C)sc23)c1C(=O)N1CCN(C(=O)OC(C)(C)C)C[C@@H]1C. The standard InChI is InChI=1S/C33H36N6O5S/c1-17-15-37(31(43)44-32(3,4)5)10-11-38(17)28(40)24-18(2)36-19(14-34)12-22(24)21-8-9-35-23-13-20(45-27(21)23)16-39-29(41)25-26(30(39)42)33(25,6)7/h8-9,12-13,17,25-26H,10-11,15-16H2,1-7H3/t17-,25?,26?/m0/s1. The number of fused-ring (bicyclic) bond motifs is 2. The molecule has 0 radical (unpaired) electrons. The van der Waals surface area contributed by atoms with E-state index in [9.17, 15) is 24.4 Å². The van der Waals surface area contributed by atoms with Gasteiger partial charge in [0.25, 0.3) is 5.91 Å². The second-order valence-electron chi connectivity index (χ2n) is 13.7. The van der Waals surface area contributed by atoms with E-state index in [1.807, 2.05) is 53.7 Å². The van der Waals surface area contributed by atoms with Crippen molar-refractivity contribution in [2.24, 2.45) is 17.3 Å². The zero-order valence-electron chi connectivity index (χ0n) is 26.5. The second kappa shape index (κ2) is 10.6. The summed E-state index contributed by atoms with van der Waals surface area (Å²) in [4.78, 5) is 67.4. The van der Waals surface area contributed by atoms with E-state index in [1.54, 1.807) is 29.0 Å². The van der Waals surface area contributed by atoms with E-state index in [0.29, 0.717) is 47.5 Å². The number of nitrogens with zero attached hydrogens (tertiary/aromatic N) is 6. The van der Waals surface area contributed by atoms with Crippen LogP contribution in [0.25, 0.3) is 21.3 Å². The van der Waals surface area contributed by atoms with E-state index in [4.69, 9.17) is 4.74 Å². The van der Waals surface area contributed by atoms with Crippen LogP contribution in [0.3, 0.4) is 0 Å². The van der Waals surface area contributed by atoms with Gasteiger partial charge in [-0.1, -0.05) is 13.8 Å². The number of amides is 4. The van der Waals surface area contributed by atoms with Gasteiger partial charge in [0.1, 0.15) is 17.4 Å². The Kier molecular flexibility index (Phi) is 7.23. The largest absolute Gasteiger partial charge is 0.444 e. The lowest BCUT2D eigenvalue weighted by Crippen LogP contribution is -2.56. The monoisotopic (exact) mass is 628 g/mol. The number of nitriles is 1. The highest BCUT2D eigenvalue weighted by Crippen LogP contribution is 2.63. The van der Waals surface area contributed by atoms with E-state index in [0.717, 1.165) is 9.58 Å². The average Bonchev–Trinajstić information content (AvgIpc) is 3.20. The zero-order valence-corrected chi connectivity index (χ0v) is 27.3. The Balaban J connectivity index is 1.32. The van der Waals surface area contributed by atoms with Gasteiger partial charge >= 0.3 is 6.09 Å². The topological polar surface area (TPSA) is 137 Å². The lowest BCUT2D eigenvalue weighted by molar-refractivity contribution is -0.143. The molecule has 45 heavy (non-hydrogen) atoms. The number of imide groups is 1. The number of likely N-dealkylation sites (tertiary alicyclic amines) is 1. The van der Waals surface area contributed by atoms with E-state index < -0.39 is 11.7 Å². The Bertz CT molecular complexity index is 1790. The van der Waals surface area contributed by atoms with Crippen molar-refractivity contribution in [1.82, 2.24) is 24.7 Å². The van der Waals surface area contributed by atoms with Crippen molar-refractivity contribution in [1.29, 1.82) is 5.26 Å². The molecular formula is C33H36N6O5S. The van der Waals surface area contributed by atoms with Crippen LogP contribution in [0.2, 0.25) is 0 Å². The Morgan fingerprint density at radius 2 is 1.82 bits per heavy atom. The van der Waals surface area contributed by atoms with E-state index in [1.165, 1.54) is 16.2 Å². The highest BCUT2D eigenvalue weighted by Gasteiger charge is 2.72. The average molecular weight is 629 g/mol. The molecule has 234 valence electrons. The van der Waals surface area contributed by atoms with Gasteiger partial charge < -0.3 is 14.5 Å². The summed E-state index contributed by atoms with van der Waals surface area (Å²) in [5.74, 6) is -0.998. The lowest BCUT2D eigenvalue weighted by atomic mass is 9.96. The zero-order chi connectivity index (χ0) is 32.6. The summed E-state index contributed by atoms with van der Waals surface area (Å²) in [6.07, 6.45) is 1.24. The normalized spacial score (nSPS) is 22.4. The number of hydrogen-bond donors (Lipinski definition) is 0. The third kappa shape index (κ3) is 5.23. The van der Waals surface area contributed by atoms with Crippen LogP contribution in [-0.2, 0) is 20.9 Å². The number of aromatic nitrogens is 2. The first kappa shape index (κ1) is 30.6. The first-order chi connectivity index (χ1) is 21.1. The number of thiophene rings is 1. The molecule has 6 rings (SSSR count).